The maximum absolute atomic E-state index is 13.1. The van der Waals surface area contributed by atoms with E-state index in [1.807, 2.05) is 14.1 Å². The highest BCUT2D eigenvalue weighted by molar-refractivity contribution is 5.71. The number of carbonyl (C=O) groups excluding carboxylic acids is 4. The number of rotatable bonds is 46. The Morgan fingerprint density at radius 1 is 0.349 bits per heavy atom. The maximum Gasteiger partial charge on any atom is 0.305 e. The molecule has 9 nitrogen and oxygen atoms in total. The van der Waals surface area contributed by atoms with E-state index < -0.39 is 5.41 Å². The van der Waals surface area contributed by atoms with E-state index in [1.165, 1.54) is 38.5 Å². The number of hydrogen-bond acceptors (Lipinski definition) is 9. The van der Waals surface area contributed by atoms with Crippen molar-refractivity contribution in [2.24, 2.45) is 5.41 Å². The Balaban J connectivity index is 5.43. The molecule has 0 rings (SSSR count). The van der Waals surface area contributed by atoms with E-state index in [1.54, 1.807) is 0 Å². The molecule has 0 heterocycles. The molecule has 9 heteroatoms. The van der Waals surface area contributed by atoms with E-state index in [9.17, 15) is 19.2 Å². The topological polar surface area (TPSA) is 108 Å². The van der Waals surface area contributed by atoms with Crippen molar-refractivity contribution < 1.29 is 38.1 Å². The van der Waals surface area contributed by atoms with Crippen molar-refractivity contribution in [2.75, 3.05) is 47.1 Å². The summed E-state index contributed by atoms with van der Waals surface area (Å²) in [5, 5.41) is 0. The number of esters is 4. The Morgan fingerprint density at radius 3 is 0.857 bits per heavy atom. The second kappa shape index (κ2) is 45.6. The molecule has 0 aliphatic rings. The largest absolute Gasteiger partial charge is 0.465 e. The second-order valence-corrected chi connectivity index (χ2v) is 18.2. The summed E-state index contributed by atoms with van der Waals surface area (Å²) in [5.74, 6) is -1.47. The van der Waals surface area contributed by atoms with Crippen LogP contribution in [0.3, 0.4) is 0 Å². The third-order valence-electron chi connectivity index (χ3n) is 11.3. The van der Waals surface area contributed by atoms with Gasteiger partial charge in [-0.2, -0.15) is 0 Å². The summed E-state index contributed by atoms with van der Waals surface area (Å²) < 4.78 is 23.3. The monoisotopic (exact) mass is 888 g/mol. The number of hydrogen-bond donors (Lipinski definition) is 0. The first-order chi connectivity index (χ1) is 30.7. The standard InChI is InChI=1S/C54H97NO8/c1-6-9-12-15-18-21-24-27-30-33-36-41-50(56)60-46-54(49-63-53(59)44-39-40-45-55(4)5,47-61-51(57)42-37-34-31-28-25-22-19-16-13-10-7-2)48-62-52(58)43-38-35-32-29-26-23-20-17-14-11-8-3/h15-20H,6-14,21-49H2,1-5H3/b18-15-,19-16-,20-17-. The van der Waals surface area contributed by atoms with Gasteiger partial charge >= 0.3 is 23.9 Å². The van der Waals surface area contributed by atoms with Crippen LogP contribution in [0, 0.1) is 5.41 Å². The minimum Gasteiger partial charge on any atom is -0.465 e. The molecule has 0 aliphatic heterocycles. The lowest BCUT2D eigenvalue weighted by molar-refractivity contribution is -0.170. The summed E-state index contributed by atoms with van der Waals surface area (Å²) in [6.07, 6.45) is 45.3. The average Bonchev–Trinajstić information content (AvgIpc) is 3.27. The second-order valence-electron chi connectivity index (χ2n) is 18.2. The van der Waals surface area contributed by atoms with Gasteiger partial charge in [0.15, 0.2) is 0 Å². The van der Waals surface area contributed by atoms with Crippen LogP contribution in [0.5, 0.6) is 0 Å². The number of allylic oxidation sites excluding steroid dienone is 6. The smallest absolute Gasteiger partial charge is 0.305 e. The lowest BCUT2D eigenvalue weighted by atomic mass is 9.92. The van der Waals surface area contributed by atoms with Gasteiger partial charge < -0.3 is 23.8 Å². The SMILES string of the molecule is CCCC/C=C\CCCCCCCC(=O)OCC(COC(=O)CCCCCCC/C=C\CCCC)(COC(=O)CCCCCCC/C=C\CCCC)COC(=O)CCCCN(C)C. The fourth-order valence-corrected chi connectivity index (χ4v) is 7.03. The molecule has 0 spiro atoms. The van der Waals surface area contributed by atoms with Gasteiger partial charge in [-0.3, -0.25) is 19.2 Å². The molecule has 0 atom stereocenters. The third-order valence-corrected chi connectivity index (χ3v) is 11.3. The van der Waals surface area contributed by atoms with E-state index in [4.69, 9.17) is 18.9 Å². The van der Waals surface area contributed by atoms with Crippen LogP contribution in [-0.2, 0) is 38.1 Å². The number of ether oxygens (including phenoxy) is 4. The van der Waals surface area contributed by atoms with Gasteiger partial charge in [0.2, 0.25) is 0 Å². The van der Waals surface area contributed by atoms with Crippen molar-refractivity contribution in [2.45, 2.75) is 233 Å². The average molecular weight is 888 g/mol. The molecule has 0 bridgehead atoms. The highest BCUT2D eigenvalue weighted by Crippen LogP contribution is 2.24. The molecule has 63 heavy (non-hydrogen) atoms. The summed E-state index contributed by atoms with van der Waals surface area (Å²) in [5.41, 5.74) is -1.22. The van der Waals surface area contributed by atoms with E-state index in [0.29, 0.717) is 6.42 Å². The van der Waals surface area contributed by atoms with Gasteiger partial charge in [0.1, 0.15) is 31.8 Å². The van der Waals surface area contributed by atoms with Crippen LogP contribution in [0.4, 0.5) is 0 Å². The Kier molecular flexibility index (Phi) is 43.5. The van der Waals surface area contributed by atoms with Crippen molar-refractivity contribution in [1.29, 1.82) is 0 Å². The first kappa shape index (κ1) is 60.1. The van der Waals surface area contributed by atoms with Crippen LogP contribution in [0.1, 0.15) is 233 Å². The van der Waals surface area contributed by atoms with Gasteiger partial charge in [0.05, 0.1) is 0 Å². The van der Waals surface area contributed by atoms with Crippen LogP contribution in [0.15, 0.2) is 36.5 Å². The van der Waals surface area contributed by atoms with E-state index in [-0.39, 0.29) is 76.0 Å². The molecule has 0 saturated carbocycles. The molecule has 0 aliphatic carbocycles. The van der Waals surface area contributed by atoms with Crippen molar-refractivity contribution in [3.63, 3.8) is 0 Å². The summed E-state index contributed by atoms with van der Waals surface area (Å²) in [4.78, 5) is 54.3. The van der Waals surface area contributed by atoms with Crippen LogP contribution < -0.4 is 0 Å². The molecule has 0 aromatic rings. The van der Waals surface area contributed by atoms with Crippen LogP contribution in [0.25, 0.3) is 0 Å². The number of carbonyl (C=O) groups is 4. The van der Waals surface area contributed by atoms with Crippen molar-refractivity contribution in [1.82, 2.24) is 4.90 Å². The molecule has 0 fully saturated rings. The zero-order valence-corrected chi connectivity index (χ0v) is 41.5. The Morgan fingerprint density at radius 2 is 0.587 bits per heavy atom. The van der Waals surface area contributed by atoms with Crippen LogP contribution in [0.2, 0.25) is 0 Å². The molecule has 0 radical (unpaired) electrons. The van der Waals surface area contributed by atoms with Gasteiger partial charge in [-0.15, -0.1) is 0 Å². The molecule has 0 saturated heterocycles. The molecular formula is C54H97NO8. The van der Waals surface area contributed by atoms with E-state index in [2.05, 4.69) is 62.1 Å². The quantitative estimate of drug-likeness (QED) is 0.0255. The Labute approximate surface area is 387 Å². The molecule has 0 aromatic carbocycles. The Bertz CT molecular complexity index is 1060. The zero-order chi connectivity index (χ0) is 46.3. The molecule has 0 amide bonds. The fraction of sp³-hybridized carbons (Fsp3) is 0.815. The predicted molar refractivity (Wildman–Crippen MR) is 262 cm³/mol. The van der Waals surface area contributed by atoms with Gasteiger partial charge in [0, 0.05) is 25.7 Å². The molecule has 0 N–H and O–H groups in total. The zero-order valence-electron chi connectivity index (χ0n) is 41.5. The highest BCUT2D eigenvalue weighted by atomic mass is 16.6. The predicted octanol–water partition coefficient (Wildman–Crippen LogP) is 14.3. The highest BCUT2D eigenvalue weighted by Gasteiger charge is 2.38. The van der Waals surface area contributed by atoms with Gasteiger partial charge in [0.25, 0.3) is 0 Å². The van der Waals surface area contributed by atoms with E-state index in [0.717, 1.165) is 148 Å². The first-order valence-corrected chi connectivity index (χ1v) is 25.9. The minimum atomic E-state index is -1.22. The molecule has 366 valence electrons. The third kappa shape index (κ3) is 42.8. The van der Waals surface area contributed by atoms with Crippen molar-refractivity contribution in [3.05, 3.63) is 36.5 Å². The fourth-order valence-electron chi connectivity index (χ4n) is 7.03. The minimum absolute atomic E-state index is 0.190. The normalized spacial score (nSPS) is 12.0. The molecular weight excluding hydrogens is 791 g/mol. The Hall–Kier alpha value is -2.94. The summed E-state index contributed by atoms with van der Waals surface area (Å²) >= 11 is 0. The lowest BCUT2D eigenvalue weighted by Crippen LogP contribution is -2.44. The maximum atomic E-state index is 13.1. The summed E-state index contributed by atoms with van der Waals surface area (Å²) in [6.45, 7) is 6.73. The van der Waals surface area contributed by atoms with Crippen molar-refractivity contribution in [3.8, 4) is 0 Å². The van der Waals surface area contributed by atoms with Crippen molar-refractivity contribution >= 4 is 23.9 Å². The lowest BCUT2D eigenvalue weighted by Gasteiger charge is -2.31. The van der Waals surface area contributed by atoms with Gasteiger partial charge in [-0.1, -0.05) is 154 Å². The van der Waals surface area contributed by atoms with E-state index >= 15 is 0 Å². The molecule has 0 unspecified atom stereocenters. The summed E-state index contributed by atoms with van der Waals surface area (Å²) in [7, 11) is 3.99. The van der Waals surface area contributed by atoms with Crippen LogP contribution >= 0.6 is 0 Å². The number of nitrogens with zero attached hydrogens (tertiary/aromatic N) is 1. The van der Waals surface area contributed by atoms with Gasteiger partial charge in [-0.05, 0) is 111 Å². The van der Waals surface area contributed by atoms with Crippen LogP contribution in [-0.4, -0.2) is 75.8 Å². The number of unbranched alkanes of at least 4 members (excludes halogenated alkanes) is 22. The van der Waals surface area contributed by atoms with Gasteiger partial charge in [-0.25, -0.2) is 0 Å². The molecule has 0 aromatic heterocycles. The first-order valence-electron chi connectivity index (χ1n) is 25.9. The summed E-state index contributed by atoms with van der Waals surface area (Å²) in [6, 6.07) is 0.